The first-order valence-electron chi connectivity index (χ1n) is 9.47. The predicted octanol–water partition coefficient (Wildman–Crippen LogP) is 6.67. The number of aryl methyl sites for hydroxylation is 1. The van der Waals surface area contributed by atoms with E-state index in [1.54, 1.807) is 12.1 Å². The van der Waals surface area contributed by atoms with Crippen molar-refractivity contribution in [1.82, 2.24) is 0 Å². The second-order valence-corrected chi connectivity index (χ2v) is 6.80. The molecule has 0 amide bonds. The summed E-state index contributed by atoms with van der Waals surface area (Å²) in [6.45, 7) is 2.54. The Morgan fingerprint density at radius 2 is 1.24 bits per heavy atom. The molecule has 0 saturated heterocycles. The fourth-order valence-corrected chi connectivity index (χ4v) is 3.38. The van der Waals surface area contributed by atoms with Crippen molar-refractivity contribution in [3.63, 3.8) is 0 Å². The van der Waals surface area contributed by atoms with E-state index in [-0.39, 0.29) is 0 Å². The summed E-state index contributed by atoms with van der Waals surface area (Å²) < 4.78 is 4.87. The molecule has 0 spiro atoms. The van der Waals surface area contributed by atoms with Gasteiger partial charge in [0.25, 0.3) is 6.47 Å². The lowest BCUT2D eigenvalue weighted by Gasteiger charge is -2.26. The van der Waals surface area contributed by atoms with Crippen molar-refractivity contribution < 1.29 is 9.53 Å². The molecule has 0 aliphatic carbocycles. The molecular weight excluding hydrogens is 358 g/mol. The van der Waals surface area contributed by atoms with Crippen LogP contribution in [0, 0.1) is 6.92 Å². The minimum absolute atomic E-state index is 0.438. The van der Waals surface area contributed by atoms with E-state index in [2.05, 4.69) is 84.6 Å². The Morgan fingerprint density at radius 1 is 0.655 bits per heavy atom. The summed E-state index contributed by atoms with van der Waals surface area (Å²) in [7, 11) is 0. The van der Waals surface area contributed by atoms with Crippen molar-refractivity contribution in [2.75, 3.05) is 4.90 Å². The molecule has 0 radical (unpaired) electrons. The minimum atomic E-state index is 0.438. The zero-order chi connectivity index (χ0) is 20.1. The van der Waals surface area contributed by atoms with Crippen LogP contribution < -0.4 is 9.64 Å². The van der Waals surface area contributed by atoms with Gasteiger partial charge in [-0.1, -0.05) is 54.6 Å². The predicted molar refractivity (Wildman–Crippen MR) is 118 cm³/mol. The highest BCUT2D eigenvalue weighted by Crippen LogP contribution is 2.35. The number of carbonyl (C=O) groups is 1. The van der Waals surface area contributed by atoms with E-state index in [0.717, 1.165) is 28.2 Å². The van der Waals surface area contributed by atoms with Gasteiger partial charge in [0.15, 0.2) is 0 Å². The SMILES string of the molecule is Cc1cccc(N(c2ccccc2)c2ccc(-c3ccc(OC=O)cc3)cc2)c1. The topological polar surface area (TPSA) is 29.5 Å². The first-order chi connectivity index (χ1) is 14.2. The summed E-state index contributed by atoms with van der Waals surface area (Å²) in [5.41, 5.74) is 6.71. The van der Waals surface area contributed by atoms with E-state index >= 15 is 0 Å². The molecule has 0 fully saturated rings. The van der Waals surface area contributed by atoms with Crippen LogP contribution in [0.2, 0.25) is 0 Å². The van der Waals surface area contributed by atoms with Gasteiger partial charge in [0.05, 0.1) is 0 Å². The highest BCUT2D eigenvalue weighted by atomic mass is 16.5. The van der Waals surface area contributed by atoms with Crippen molar-refractivity contribution in [3.8, 4) is 16.9 Å². The first-order valence-corrected chi connectivity index (χ1v) is 9.47. The van der Waals surface area contributed by atoms with Crippen LogP contribution in [-0.2, 0) is 4.79 Å². The maximum atomic E-state index is 10.5. The highest BCUT2D eigenvalue weighted by Gasteiger charge is 2.12. The highest BCUT2D eigenvalue weighted by molar-refractivity contribution is 5.78. The average Bonchev–Trinajstić information content (AvgIpc) is 2.76. The minimum Gasteiger partial charge on any atom is -0.429 e. The Balaban J connectivity index is 1.69. The van der Waals surface area contributed by atoms with Crippen molar-refractivity contribution in [1.29, 1.82) is 0 Å². The number of ether oxygens (including phenoxy) is 1. The number of hydrogen-bond donors (Lipinski definition) is 0. The molecule has 4 aromatic rings. The van der Waals surface area contributed by atoms with Crippen LogP contribution in [0.1, 0.15) is 5.56 Å². The lowest BCUT2D eigenvalue weighted by atomic mass is 10.0. The molecule has 3 heteroatoms. The van der Waals surface area contributed by atoms with Gasteiger partial charge in [0, 0.05) is 17.1 Å². The van der Waals surface area contributed by atoms with Gasteiger partial charge in [0.1, 0.15) is 5.75 Å². The van der Waals surface area contributed by atoms with Crippen molar-refractivity contribution >= 4 is 23.5 Å². The van der Waals surface area contributed by atoms with E-state index in [9.17, 15) is 4.79 Å². The zero-order valence-corrected chi connectivity index (χ0v) is 16.2. The standard InChI is InChI=1S/C26H21NO2/c1-20-6-5-9-25(18-20)27(23-7-3-2-4-8-23)24-14-10-21(11-15-24)22-12-16-26(17-13-22)29-19-28/h2-19H,1H3. The van der Waals surface area contributed by atoms with Gasteiger partial charge in [0.2, 0.25) is 0 Å². The van der Waals surface area contributed by atoms with Gasteiger partial charge >= 0.3 is 0 Å². The molecule has 0 saturated carbocycles. The summed E-state index contributed by atoms with van der Waals surface area (Å²) >= 11 is 0. The molecule has 0 heterocycles. The second kappa shape index (κ2) is 8.44. The van der Waals surface area contributed by atoms with E-state index in [1.807, 2.05) is 18.2 Å². The largest absolute Gasteiger partial charge is 0.429 e. The van der Waals surface area contributed by atoms with Crippen LogP contribution in [0.5, 0.6) is 5.75 Å². The van der Waals surface area contributed by atoms with E-state index < -0.39 is 0 Å². The van der Waals surface area contributed by atoms with Crippen molar-refractivity contribution in [3.05, 3.63) is 109 Å². The van der Waals surface area contributed by atoms with E-state index in [0.29, 0.717) is 12.2 Å². The second-order valence-electron chi connectivity index (χ2n) is 6.80. The van der Waals surface area contributed by atoms with Crippen LogP contribution in [0.15, 0.2) is 103 Å². The zero-order valence-electron chi connectivity index (χ0n) is 16.2. The summed E-state index contributed by atoms with van der Waals surface area (Å²) in [4.78, 5) is 12.7. The summed E-state index contributed by atoms with van der Waals surface area (Å²) in [5, 5.41) is 0. The number of anilines is 3. The third-order valence-corrected chi connectivity index (χ3v) is 4.77. The lowest BCUT2D eigenvalue weighted by Crippen LogP contribution is -2.09. The third kappa shape index (κ3) is 4.19. The van der Waals surface area contributed by atoms with Gasteiger partial charge in [-0.05, 0) is 72.1 Å². The Kier molecular flexibility index (Phi) is 5.39. The molecule has 29 heavy (non-hydrogen) atoms. The van der Waals surface area contributed by atoms with E-state index in [4.69, 9.17) is 4.74 Å². The van der Waals surface area contributed by atoms with Crippen LogP contribution in [0.3, 0.4) is 0 Å². The van der Waals surface area contributed by atoms with Gasteiger partial charge in [-0.15, -0.1) is 0 Å². The Hall–Kier alpha value is -3.85. The normalized spacial score (nSPS) is 10.4. The molecule has 0 N–H and O–H groups in total. The molecule has 142 valence electrons. The Bertz CT molecular complexity index is 1090. The molecule has 4 rings (SSSR count). The maximum absolute atomic E-state index is 10.5. The number of rotatable bonds is 6. The van der Waals surface area contributed by atoms with Crippen molar-refractivity contribution in [2.24, 2.45) is 0 Å². The van der Waals surface area contributed by atoms with Crippen LogP contribution in [0.4, 0.5) is 17.1 Å². The number of carbonyl (C=O) groups excluding carboxylic acids is 1. The molecule has 0 aliphatic heterocycles. The number of para-hydroxylation sites is 1. The molecule has 0 aliphatic rings. The monoisotopic (exact) mass is 379 g/mol. The molecule has 0 atom stereocenters. The number of nitrogens with zero attached hydrogens (tertiary/aromatic N) is 1. The molecule has 0 bridgehead atoms. The fraction of sp³-hybridized carbons (Fsp3) is 0.0385. The summed E-state index contributed by atoms with van der Waals surface area (Å²) in [6.07, 6.45) is 0. The molecular formula is C26H21NO2. The Labute approximate surface area is 170 Å². The third-order valence-electron chi connectivity index (χ3n) is 4.77. The lowest BCUT2D eigenvalue weighted by molar-refractivity contribution is -0.120. The molecule has 4 aromatic carbocycles. The Morgan fingerprint density at radius 3 is 1.86 bits per heavy atom. The van der Waals surface area contributed by atoms with Gasteiger partial charge in [-0.25, -0.2) is 0 Å². The molecule has 0 unspecified atom stereocenters. The number of benzene rings is 4. The van der Waals surface area contributed by atoms with Gasteiger partial charge in [-0.2, -0.15) is 0 Å². The maximum Gasteiger partial charge on any atom is 0.298 e. The number of hydrogen-bond acceptors (Lipinski definition) is 3. The van der Waals surface area contributed by atoms with Crippen LogP contribution >= 0.6 is 0 Å². The smallest absolute Gasteiger partial charge is 0.298 e. The summed E-state index contributed by atoms with van der Waals surface area (Å²) in [6, 6.07) is 34.8. The molecule has 0 aromatic heterocycles. The van der Waals surface area contributed by atoms with E-state index in [1.165, 1.54) is 5.56 Å². The first kappa shape index (κ1) is 18.5. The van der Waals surface area contributed by atoms with Crippen LogP contribution in [0.25, 0.3) is 11.1 Å². The molecule has 3 nitrogen and oxygen atoms in total. The van der Waals surface area contributed by atoms with Crippen LogP contribution in [-0.4, -0.2) is 6.47 Å². The summed E-state index contributed by atoms with van der Waals surface area (Å²) in [5.74, 6) is 0.537. The average molecular weight is 379 g/mol. The van der Waals surface area contributed by atoms with Gasteiger partial charge in [-0.3, -0.25) is 4.79 Å². The van der Waals surface area contributed by atoms with Gasteiger partial charge < -0.3 is 9.64 Å². The quantitative estimate of drug-likeness (QED) is 0.351. The van der Waals surface area contributed by atoms with Crippen molar-refractivity contribution in [2.45, 2.75) is 6.92 Å². The fourth-order valence-electron chi connectivity index (χ4n) is 3.38.